The molecule has 128 valence electrons. The molecule has 0 radical (unpaired) electrons. The molecule has 1 aliphatic rings. The minimum atomic E-state index is -0.0844. The second-order valence-electron chi connectivity index (χ2n) is 6.09. The van der Waals surface area contributed by atoms with Crippen LogP contribution in [0.4, 0.5) is 0 Å². The van der Waals surface area contributed by atoms with E-state index in [0.29, 0.717) is 17.6 Å². The smallest absolute Gasteiger partial charge is 0.263 e. The molecule has 2 heterocycles. The minimum absolute atomic E-state index is 0.00800. The molecule has 5 nitrogen and oxygen atoms in total. The molecule has 1 N–H and O–H groups in total. The van der Waals surface area contributed by atoms with Gasteiger partial charge >= 0.3 is 0 Å². The van der Waals surface area contributed by atoms with E-state index >= 15 is 0 Å². The fourth-order valence-corrected chi connectivity index (χ4v) is 5.31. The van der Waals surface area contributed by atoms with Crippen LogP contribution in [0, 0.1) is 5.92 Å². The number of aromatic nitrogens is 2. The average molecular weight is 364 g/mol. The molecule has 2 aromatic heterocycles. The summed E-state index contributed by atoms with van der Waals surface area (Å²) in [4.78, 5) is 31.4. The lowest BCUT2D eigenvalue weighted by atomic mass is 9.89. The van der Waals surface area contributed by atoms with Crippen LogP contribution in [-0.4, -0.2) is 28.3 Å². The van der Waals surface area contributed by atoms with Gasteiger partial charge in [0.2, 0.25) is 5.91 Å². The summed E-state index contributed by atoms with van der Waals surface area (Å²) in [5.41, 5.74) is 1.18. The maximum Gasteiger partial charge on any atom is 0.263 e. The molecule has 1 atom stereocenters. The third-order valence-corrected chi connectivity index (χ3v) is 6.43. The van der Waals surface area contributed by atoms with Crippen molar-refractivity contribution in [3.63, 3.8) is 0 Å². The van der Waals surface area contributed by atoms with Gasteiger partial charge in [-0.25, -0.2) is 4.98 Å². The molecule has 2 aromatic rings. The zero-order valence-electron chi connectivity index (χ0n) is 13.9. The van der Waals surface area contributed by atoms with E-state index in [2.05, 4.69) is 18.8 Å². The number of hydrogen-bond donors (Lipinski definition) is 1. The predicted octanol–water partition coefficient (Wildman–Crippen LogP) is 2.61. The average Bonchev–Trinajstić information content (AvgIpc) is 2.92. The van der Waals surface area contributed by atoms with Gasteiger partial charge in [-0.05, 0) is 30.7 Å². The molecule has 7 heteroatoms. The number of hydrogen-bond acceptors (Lipinski definition) is 5. The normalized spacial score (nSPS) is 16.8. The third kappa shape index (κ3) is 3.15. The molecule has 0 saturated heterocycles. The zero-order valence-corrected chi connectivity index (χ0v) is 15.6. The van der Waals surface area contributed by atoms with Gasteiger partial charge in [-0.15, -0.1) is 17.9 Å². The van der Waals surface area contributed by atoms with Crippen molar-refractivity contribution in [2.45, 2.75) is 37.9 Å². The van der Waals surface area contributed by atoms with Crippen molar-refractivity contribution in [2.75, 3.05) is 12.8 Å². The highest BCUT2D eigenvalue weighted by Crippen LogP contribution is 2.36. The van der Waals surface area contributed by atoms with E-state index in [0.717, 1.165) is 29.5 Å². The van der Waals surface area contributed by atoms with Crippen LogP contribution in [0.3, 0.4) is 0 Å². The van der Waals surface area contributed by atoms with Gasteiger partial charge in [0.15, 0.2) is 5.16 Å². The van der Waals surface area contributed by atoms with Crippen LogP contribution in [-0.2, 0) is 24.2 Å². The first-order valence-corrected chi connectivity index (χ1v) is 9.84. The van der Waals surface area contributed by atoms with Gasteiger partial charge < -0.3 is 5.32 Å². The Bertz CT molecular complexity index is 854. The first-order valence-electron chi connectivity index (χ1n) is 8.04. The number of thioether (sulfide) groups is 1. The predicted molar refractivity (Wildman–Crippen MR) is 100 cm³/mol. The van der Waals surface area contributed by atoms with Crippen LogP contribution in [0.2, 0.25) is 0 Å². The molecule has 24 heavy (non-hydrogen) atoms. The summed E-state index contributed by atoms with van der Waals surface area (Å²) in [6, 6.07) is 0. The van der Waals surface area contributed by atoms with Gasteiger partial charge in [0.1, 0.15) is 4.83 Å². The molecule has 0 fully saturated rings. The molecule has 0 saturated carbocycles. The molecule has 3 rings (SSSR count). The highest BCUT2D eigenvalue weighted by Gasteiger charge is 2.24. The molecule has 0 spiro atoms. The Morgan fingerprint density at radius 1 is 1.58 bits per heavy atom. The number of rotatable bonds is 5. The lowest BCUT2D eigenvalue weighted by Gasteiger charge is -2.17. The number of thiophene rings is 1. The van der Waals surface area contributed by atoms with Crippen LogP contribution >= 0.6 is 23.1 Å². The minimum Gasteiger partial charge on any atom is -0.358 e. The van der Waals surface area contributed by atoms with E-state index in [4.69, 9.17) is 4.98 Å². The van der Waals surface area contributed by atoms with Gasteiger partial charge in [-0.1, -0.05) is 24.8 Å². The largest absolute Gasteiger partial charge is 0.358 e. The zero-order chi connectivity index (χ0) is 17.3. The summed E-state index contributed by atoms with van der Waals surface area (Å²) in [5.74, 6) is 0.815. The Kier molecular flexibility index (Phi) is 5.10. The van der Waals surface area contributed by atoms with Crippen molar-refractivity contribution in [2.24, 2.45) is 5.92 Å². The lowest BCUT2D eigenvalue weighted by Crippen LogP contribution is -2.25. The number of fused-ring (bicyclic) bond motifs is 3. The van der Waals surface area contributed by atoms with E-state index < -0.39 is 0 Å². The van der Waals surface area contributed by atoms with Crippen molar-refractivity contribution < 1.29 is 4.79 Å². The van der Waals surface area contributed by atoms with Crippen LogP contribution in [0.25, 0.3) is 10.2 Å². The van der Waals surface area contributed by atoms with Gasteiger partial charge in [0.25, 0.3) is 5.56 Å². The van der Waals surface area contributed by atoms with E-state index in [1.807, 2.05) is 0 Å². The summed E-state index contributed by atoms with van der Waals surface area (Å²) >= 11 is 2.93. The van der Waals surface area contributed by atoms with Crippen LogP contribution in [0.15, 0.2) is 22.6 Å². The Balaban J connectivity index is 2.11. The number of nitrogens with zero attached hydrogens (tertiary/aromatic N) is 2. The number of aryl methyl sites for hydroxylation is 1. The number of amides is 1. The van der Waals surface area contributed by atoms with Gasteiger partial charge in [0.05, 0.1) is 11.1 Å². The molecule has 0 aliphatic heterocycles. The summed E-state index contributed by atoms with van der Waals surface area (Å²) in [5, 5.41) is 3.95. The van der Waals surface area contributed by atoms with E-state index in [-0.39, 0.29) is 17.2 Å². The van der Waals surface area contributed by atoms with E-state index in [1.54, 1.807) is 29.0 Å². The lowest BCUT2D eigenvalue weighted by molar-refractivity contribution is -0.118. The van der Waals surface area contributed by atoms with E-state index in [9.17, 15) is 9.59 Å². The maximum atomic E-state index is 13.0. The summed E-state index contributed by atoms with van der Waals surface area (Å²) in [6.45, 7) is 6.39. The molecule has 0 bridgehead atoms. The van der Waals surface area contributed by atoms with Gasteiger partial charge in [0, 0.05) is 18.5 Å². The van der Waals surface area contributed by atoms with Crippen LogP contribution in [0.5, 0.6) is 0 Å². The van der Waals surface area contributed by atoms with Crippen molar-refractivity contribution in [3.8, 4) is 0 Å². The monoisotopic (exact) mass is 363 g/mol. The Morgan fingerprint density at radius 3 is 3.08 bits per heavy atom. The van der Waals surface area contributed by atoms with E-state index in [1.165, 1.54) is 22.2 Å². The number of nitrogens with one attached hydrogen (secondary N) is 1. The topological polar surface area (TPSA) is 64.0 Å². The van der Waals surface area contributed by atoms with Crippen molar-refractivity contribution in [3.05, 3.63) is 33.4 Å². The molecular weight excluding hydrogens is 342 g/mol. The summed E-state index contributed by atoms with van der Waals surface area (Å²) < 4.78 is 1.63. The highest BCUT2D eigenvalue weighted by atomic mass is 32.2. The van der Waals surface area contributed by atoms with Crippen LogP contribution < -0.4 is 10.9 Å². The first kappa shape index (κ1) is 17.2. The maximum absolute atomic E-state index is 13.0. The van der Waals surface area contributed by atoms with Crippen molar-refractivity contribution >= 4 is 39.2 Å². The van der Waals surface area contributed by atoms with Gasteiger partial charge in [-0.2, -0.15) is 0 Å². The summed E-state index contributed by atoms with van der Waals surface area (Å²) in [7, 11) is 1.60. The Hall–Kier alpha value is -1.60. The van der Waals surface area contributed by atoms with Crippen molar-refractivity contribution in [1.82, 2.24) is 14.9 Å². The SMILES string of the molecule is C=CCn1c(SCC(=O)NC)nc2sc3c(c2c1=O)CCC(C)C3. The molecule has 0 aromatic carbocycles. The molecular formula is C17H21N3O2S2. The fourth-order valence-electron chi connectivity index (χ4n) is 3.01. The van der Waals surface area contributed by atoms with Crippen molar-refractivity contribution in [1.29, 1.82) is 0 Å². The molecule has 1 unspecified atom stereocenters. The quantitative estimate of drug-likeness (QED) is 0.504. The number of allylic oxidation sites excluding steroid dienone is 1. The fraction of sp³-hybridized carbons (Fsp3) is 0.471. The van der Waals surface area contributed by atoms with Gasteiger partial charge in [-0.3, -0.25) is 14.2 Å². The van der Waals surface area contributed by atoms with Crippen LogP contribution in [0.1, 0.15) is 23.8 Å². The highest BCUT2D eigenvalue weighted by molar-refractivity contribution is 7.99. The third-order valence-electron chi connectivity index (χ3n) is 4.30. The molecule has 1 amide bonds. The summed E-state index contributed by atoms with van der Waals surface area (Å²) in [6.07, 6.45) is 4.79. The first-order chi connectivity index (χ1) is 11.5. The second-order valence-corrected chi connectivity index (χ2v) is 8.12. The Labute approximate surface area is 149 Å². The number of carbonyl (C=O) groups excluding carboxylic acids is 1. The Morgan fingerprint density at radius 2 is 2.38 bits per heavy atom. The second kappa shape index (κ2) is 7.11. The molecule has 1 aliphatic carbocycles. The standard InChI is InChI=1S/C17H21N3O2S2/c1-4-7-20-16(22)14-11-6-5-10(2)8-12(11)24-15(14)19-17(20)23-9-13(21)18-3/h4,10H,1,5-9H2,2-3H3,(H,18,21). The number of carbonyl (C=O) groups is 1.